The molecular weight excluding hydrogens is 355 g/mol. The van der Waals surface area contributed by atoms with Crippen LogP contribution in [0.15, 0.2) is 53.4 Å². The molecule has 0 saturated heterocycles. The summed E-state index contributed by atoms with van der Waals surface area (Å²) in [6.45, 7) is 0.185. The third kappa shape index (κ3) is 4.46. The van der Waals surface area contributed by atoms with Crippen LogP contribution < -0.4 is 4.72 Å². The van der Waals surface area contributed by atoms with Crippen LogP contribution in [0.5, 0.6) is 0 Å². The van der Waals surface area contributed by atoms with E-state index < -0.39 is 10.0 Å². The quantitative estimate of drug-likeness (QED) is 0.842. The third-order valence-electron chi connectivity index (χ3n) is 3.48. The predicted molar refractivity (Wildman–Crippen MR) is 94.5 cm³/mol. The first kappa shape index (κ1) is 18.2. The molecule has 23 heavy (non-hydrogen) atoms. The van der Waals surface area contributed by atoms with Gasteiger partial charge in [-0.15, -0.1) is 0 Å². The monoisotopic (exact) mass is 372 g/mol. The van der Waals surface area contributed by atoms with Crippen molar-refractivity contribution >= 4 is 33.2 Å². The molecule has 2 aromatic carbocycles. The molecule has 7 heteroatoms. The minimum absolute atomic E-state index is 0.0679. The molecular formula is C16H18Cl2N2O2S. The molecule has 4 nitrogen and oxygen atoms in total. The van der Waals surface area contributed by atoms with E-state index in [1.54, 1.807) is 24.3 Å². The van der Waals surface area contributed by atoms with Crippen molar-refractivity contribution in [1.82, 2.24) is 9.62 Å². The summed E-state index contributed by atoms with van der Waals surface area (Å²) in [7, 11) is 0.0535. The first-order chi connectivity index (χ1) is 10.8. The number of halogens is 2. The summed E-state index contributed by atoms with van der Waals surface area (Å²) in [5.74, 6) is 0. The zero-order valence-electron chi connectivity index (χ0n) is 12.8. The van der Waals surface area contributed by atoms with Crippen molar-refractivity contribution in [3.8, 4) is 0 Å². The minimum Gasteiger partial charge on any atom is -0.301 e. The Balaban J connectivity index is 2.23. The first-order valence-corrected chi connectivity index (χ1v) is 9.22. The predicted octanol–water partition coefficient (Wildman–Crippen LogP) is 3.57. The van der Waals surface area contributed by atoms with Crippen LogP contribution in [0, 0.1) is 0 Å². The molecule has 1 unspecified atom stereocenters. The van der Waals surface area contributed by atoms with Crippen LogP contribution in [0.2, 0.25) is 10.0 Å². The van der Waals surface area contributed by atoms with Crippen LogP contribution in [0.4, 0.5) is 0 Å². The van der Waals surface area contributed by atoms with Gasteiger partial charge in [0, 0.05) is 17.6 Å². The highest BCUT2D eigenvalue weighted by Crippen LogP contribution is 2.26. The van der Waals surface area contributed by atoms with Crippen LogP contribution in [0.1, 0.15) is 11.6 Å². The lowest BCUT2D eigenvalue weighted by molar-refractivity contribution is 0.299. The maximum Gasteiger partial charge on any atom is 0.242 e. The summed E-state index contributed by atoms with van der Waals surface area (Å²) in [5.41, 5.74) is 0.862. The summed E-state index contributed by atoms with van der Waals surface area (Å²) in [6.07, 6.45) is 0. The molecule has 0 bridgehead atoms. The summed E-state index contributed by atoms with van der Waals surface area (Å²) in [6, 6.07) is 13.5. The Labute approximate surface area is 147 Å². The number of hydrogen-bond acceptors (Lipinski definition) is 3. The molecule has 0 fully saturated rings. The lowest BCUT2D eigenvalue weighted by atomic mass is 10.1. The van der Waals surface area contributed by atoms with E-state index in [4.69, 9.17) is 23.2 Å². The Morgan fingerprint density at radius 2 is 1.57 bits per heavy atom. The van der Waals surface area contributed by atoms with Gasteiger partial charge in [0.05, 0.1) is 5.02 Å². The number of nitrogens with zero attached hydrogens (tertiary/aromatic N) is 1. The topological polar surface area (TPSA) is 49.4 Å². The van der Waals surface area contributed by atoms with Crippen molar-refractivity contribution in [2.24, 2.45) is 0 Å². The lowest BCUT2D eigenvalue weighted by Crippen LogP contribution is -2.34. The zero-order chi connectivity index (χ0) is 17.0. The van der Waals surface area contributed by atoms with E-state index in [2.05, 4.69) is 4.72 Å². The third-order valence-corrected chi connectivity index (χ3v) is 5.75. The highest BCUT2D eigenvalue weighted by atomic mass is 35.5. The largest absolute Gasteiger partial charge is 0.301 e. The zero-order valence-corrected chi connectivity index (χ0v) is 15.2. The van der Waals surface area contributed by atoms with Crippen molar-refractivity contribution in [3.05, 3.63) is 64.1 Å². The second kappa shape index (κ2) is 7.64. The van der Waals surface area contributed by atoms with E-state index in [-0.39, 0.29) is 22.5 Å². The van der Waals surface area contributed by atoms with Gasteiger partial charge in [0.25, 0.3) is 0 Å². The number of likely N-dealkylation sites (N-methyl/N-ethyl adjacent to an activating group) is 1. The van der Waals surface area contributed by atoms with E-state index in [0.717, 1.165) is 5.56 Å². The average Bonchev–Trinajstić information content (AvgIpc) is 2.49. The summed E-state index contributed by atoms with van der Waals surface area (Å²) in [5, 5.41) is 0.794. The van der Waals surface area contributed by atoms with Gasteiger partial charge < -0.3 is 4.90 Å². The minimum atomic E-state index is -3.69. The summed E-state index contributed by atoms with van der Waals surface area (Å²) >= 11 is 12.2. The molecule has 124 valence electrons. The molecule has 0 amide bonds. The Bertz CT molecular complexity index is 779. The van der Waals surface area contributed by atoms with Crippen LogP contribution in [-0.4, -0.2) is 34.0 Å². The van der Waals surface area contributed by atoms with Crippen molar-refractivity contribution < 1.29 is 8.42 Å². The highest BCUT2D eigenvalue weighted by molar-refractivity contribution is 7.89. The molecule has 0 saturated carbocycles. The van der Waals surface area contributed by atoms with Crippen LogP contribution in [0.25, 0.3) is 0 Å². The SMILES string of the molecule is CN(C)C(CNS(=O)(=O)c1ccccc1Cl)c1ccccc1Cl. The lowest BCUT2D eigenvalue weighted by Gasteiger charge is -2.26. The normalized spacial score (nSPS) is 13.3. The van der Waals surface area contributed by atoms with Gasteiger partial charge in [-0.05, 0) is 37.9 Å². The molecule has 0 aliphatic carbocycles. The number of sulfonamides is 1. The van der Waals surface area contributed by atoms with Gasteiger partial charge in [-0.25, -0.2) is 13.1 Å². The average molecular weight is 373 g/mol. The highest BCUT2D eigenvalue weighted by Gasteiger charge is 2.22. The maximum atomic E-state index is 12.4. The first-order valence-electron chi connectivity index (χ1n) is 6.98. The van der Waals surface area contributed by atoms with E-state index in [9.17, 15) is 8.42 Å². The van der Waals surface area contributed by atoms with Gasteiger partial charge in [0.15, 0.2) is 0 Å². The van der Waals surface area contributed by atoms with Crippen LogP contribution >= 0.6 is 23.2 Å². The van der Waals surface area contributed by atoms with Crippen molar-refractivity contribution in [2.75, 3.05) is 20.6 Å². The molecule has 0 aliphatic rings. The Morgan fingerprint density at radius 1 is 1.00 bits per heavy atom. The molecule has 2 rings (SSSR count). The Morgan fingerprint density at radius 3 is 2.13 bits per heavy atom. The fourth-order valence-electron chi connectivity index (χ4n) is 2.25. The van der Waals surface area contributed by atoms with Gasteiger partial charge >= 0.3 is 0 Å². The number of hydrogen-bond donors (Lipinski definition) is 1. The van der Waals surface area contributed by atoms with Crippen LogP contribution in [0.3, 0.4) is 0 Å². The van der Waals surface area contributed by atoms with Gasteiger partial charge in [-0.2, -0.15) is 0 Å². The van der Waals surface area contributed by atoms with Gasteiger partial charge in [-0.1, -0.05) is 53.5 Å². The number of nitrogens with one attached hydrogen (secondary N) is 1. The number of rotatable bonds is 6. The fourth-order valence-corrected chi connectivity index (χ4v) is 4.06. The van der Waals surface area contributed by atoms with E-state index in [1.807, 2.05) is 37.2 Å². The Kier molecular flexibility index (Phi) is 6.06. The number of benzene rings is 2. The molecule has 2 aromatic rings. The van der Waals surface area contributed by atoms with Gasteiger partial charge in [-0.3, -0.25) is 0 Å². The maximum absolute atomic E-state index is 12.4. The molecule has 0 heterocycles. The van der Waals surface area contributed by atoms with Gasteiger partial charge in [0.2, 0.25) is 10.0 Å². The Hall–Kier alpha value is -1.11. The van der Waals surface area contributed by atoms with Crippen molar-refractivity contribution in [1.29, 1.82) is 0 Å². The molecule has 0 radical (unpaired) electrons. The molecule has 1 atom stereocenters. The fraction of sp³-hybridized carbons (Fsp3) is 0.250. The molecule has 0 spiro atoms. The second-order valence-electron chi connectivity index (χ2n) is 5.28. The second-order valence-corrected chi connectivity index (χ2v) is 7.83. The van der Waals surface area contributed by atoms with Gasteiger partial charge in [0.1, 0.15) is 4.90 Å². The molecule has 1 N–H and O–H groups in total. The van der Waals surface area contributed by atoms with Crippen LogP contribution in [-0.2, 0) is 10.0 Å². The summed E-state index contributed by atoms with van der Waals surface area (Å²) < 4.78 is 27.5. The van der Waals surface area contributed by atoms with E-state index in [1.165, 1.54) is 6.07 Å². The smallest absolute Gasteiger partial charge is 0.242 e. The van der Waals surface area contributed by atoms with E-state index in [0.29, 0.717) is 5.02 Å². The van der Waals surface area contributed by atoms with Crippen molar-refractivity contribution in [2.45, 2.75) is 10.9 Å². The summed E-state index contributed by atoms with van der Waals surface area (Å²) in [4.78, 5) is 1.98. The molecule has 0 aromatic heterocycles. The molecule has 0 aliphatic heterocycles. The standard InChI is InChI=1S/C16H18Cl2N2O2S/c1-20(2)15(12-7-3-4-8-13(12)17)11-19-23(21,22)16-10-6-5-9-14(16)18/h3-10,15,19H,11H2,1-2H3. The van der Waals surface area contributed by atoms with Crippen molar-refractivity contribution in [3.63, 3.8) is 0 Å². The van der Waals surface area contributed by atoms with E-state index >= 15 is 0 Å².